The highest BCUT2D eigenvalue weighted by molar-refractivity contribution is 9.11. The first-order chi connectivity index (χ1) is 8.91. The van der Waals surface area contributed by atoms with Crippen LogP contribution in [0.4, 0.5) is 5.69 Å². The number of nitrogens with zero attached hydrogens (tertiary/aromatic N) is 3. The second-order valence-corrected chi connectivity index (χ2v) is 5.25. The van der Waals surface area contributed by atoms with Gasteiger partial charge in [0, 0.05) is 24.3 Å². The highest BCUT2D eigenvalue weighted by atomic mass is 79.9. The monoisotopic (exact) mass is 324 g/mol. The van der Waals surface area contributed by atoms with E-state index in [-0.39, 0.29) is 5.56 Å². The Hall–Kier alpha value is -1.89. The molecule has 6 nitrogen and oxygen atoms in total. The number of nitrogens with one attached hydrogen (secondary N) is 1. The van der Waals surface area contributed by atoms with Crippen molar-refractivity contribution in [1.29, 1.82) is 0 Å². The van der Waals surface area contributed by atoms with Gasteiger partial charge in [0.2, 0.25) is 0 Å². The smallest absolute Gasteiger partial charge is 0.339 e. The van der Waals surface area contributed by atoms with E-state index in [1.54, 1.807) is 11.7 Å². The van der Waals surface area contributed by atoms with Crippen molar-refractivity contribution in [3.05, 3.63) is 28.5 Å². The molecule has 0 aliphatic carbocycles. The number of halogens is 1. The van der Waals surface area contributed by atoms with Crippen LogP contribution < -0.4 is 5.32 Å². The molecule has 7 heteroatoms. The van der Waals surface area contributed by atoms with E-state index in [4.69, 9.17) is 0 Å². The average Bonchev–Trinajstić information content (AvgIpc) is 2.62. The summed E-state index contributed by atoms with van der Waals surface area (Å²) in [6, 6.07) is 0. The Labute approximate surface area is 118 Å². The Bertz CT molecular complexity index is 678. The third kappa shape index (κ3) is 2.46. The molecule has 0 radical (unpaired) electrons. The maximum atomic E-state index is 11.3. The number of rotatable bonds is 4. The minimum atomic E-state index is -1.03. The third-order valence-electron chi connectivity index (χ3n) is 2.71. The molecule has 100 valence electrons. The molecule has 19 heavy (non-hydrogen) atoms. The zero-order chi connectivity index (χ0) is 14.2. The fourth-order valence-corrected chi connectivity index (χ4v) is 2.08. The van der Waals surface area contributed by atoms with Crippen LogP contribution in [0, 0.1) is 6.92 Å². The van der Waals surface area contributed by atoms with E-state index >= 15 is 0 Å². The number of hydrogen-bond donors (Lipinski definition) is 2. The summed E-state index contributed by atoms with van der Waals surface area (Å²) in [6.07, 6.45) is 1.34. The molecule has 0 unspecified atom stereocenters. The highest BCUT2D eigenvalue weighted by Gasteiger charge is 2.18. The number of aromatic nitrogens is 3. The molecule has 0 fully saturated rings. The summed E-state index contributed by atoms with van der Waals surface area (Å²) in [6.45, 7) is 5.97. The molecule has 0 bridgehead atoms. The predicted molar refractivity (Wildman–Crippen MR) is 76.8 cm³/mol. The summed E-state index contributed by atoms with van der Waals surface area (Å²) in [5.74, 6) is -1.03. The molecule has 0 saturated carbocycles. The van der Waals surface area contributed by atoms with Crippen LogP contribution in [-0.2, 0) is 7.05 Å². The number of anilines is 1. The van der Waals surface area contributed by atoms with E-state index in [9.17, 15) is 9.90 Å². The van der Waals surface area contributed by atoms with E-state index < -0.39 is 5.97 Å². The molecule has 0 aliphatic rings. The summed E-state index contributed by atoms with van der Waals surface area (Å²) in [4.78, 5) is 15.4. The van der Waals surface area contributed by atoms with Crippen LogP contribution in [0.25, 0.3) is 11.0 Å². The van der Waals surface area contributed by atoms with Gasteiger partial charge in [-0.05, 0) is 6.92 Å². The molecular weight excluding hydrogens is 312 g/mol. The molecule has 0 amide bonds. The minimum absolute atomic E-state index is 0.123. The number of carboxylic acids is 1. The maximum Gasteiger partial charge on any atom is 0.339 e. The predicted octanol–water partition coefficient (Wildman–Crippen LogP) is 2.30. The molecule has 0 spiro atoms. The number of hydrogen-bond acceptors (Lipinski definition) is 4. The van der Waals surface area contributed by atoms with Gasteiger partial charge in [-0.1, -0.05) is 22.5 Å². The van der Waals surface area contributed by atoms with E-state index in [1.807, 2.05) is 6.92 Å². The topological polar surface area (TPSA) is 80.0 Å². The van der Waals surface area contributed by atoms with Gasteiger partial charge in [0.25, 0.3) is 0 Å². The lowest BCUT2D eigenvalue weighted by atomic mass is 10.1. The first kappa shape index (κ1) is 13.5. The van der Waals surface area contributed by atoms with E-state index in [0.717, 1.165) is 15.6 Å². The van der Waals surface area contributed by atoms with E-state index in [2.05, 4.69) is 37.9 Å². The number of pyridine rings is 1. The number of carboxylic acid groups (broad SMARTS) is 1. The van der Waals surface area contributed by atoms with Gasteiger partial charge < -0.3 is 10.4 Å². The lowest BCUT2D eigenvalue weighted by molar-refractivity contribution is 0.0697. The van der Waals surface area contributed by atoms with Crippen LogP contribution in [0.2, 0.25) is 0 Å². The summed E-state index contributed by atoms with van der Waals surface area (Å²) >= 11 is 3.24. The normalized spacial score (nSPS) is 10.7. The van der Waals surface area contributed by atoms with Crippen molar-refractivity contribution in [3.8, 4) is 0 Å². The van der Waals surface area contributed by atoms with Gasteiger partial charge in [-0.3, -0.25) is 4.68 Å². The van der Waals surface area contributed by atoms with Gasteiger partial charge in [-0.15, -0.1) is 0 Å². The van der Waals surface area contributed by atoms with Crippen LogP contribution in [-0.4, -0.2) is 32.4 Å². The van der Waals surface area contributed by atoms with Crippen molar-refractivity contribution < 1.29 is 9.90 Å². The summed E-state index contributed by atoms with van der Waals surface area (Å²) in [5.41, 5.74) is 2.02. The van der Waals surface area contributed by atoms with Crippen LogP contribution in [0.5, 0.6) is 0 Å². The van der Waals surface area contributed by atoms with Crippen LogP contribution in [0.15, 0.2) is 17.3 Å². The highest BCUT2D eigenvalue weighted by Crippen LogP contribution is 2.28. The molecule has 2 N–H and O–H groups in total. The van der Waals surface area contributed by atoms with Crippen molar-refractivity contribution in [1.82, 2.24) is 14.8 Å². The zero-order valence-corrected chi connectivity index (χ0v) is 12.2. The SMILES string of the molecule is C=C(Br)CNc1c(C(=O)O)cnc2c1c(C)nn2C. The second-order valence-electron chi connectivity index (χ2n) is 4.13. The molecule has 2 rings (SSSR count). The Balaban J connectivity index is 2.68. The average molecular weight is 325 g/mol. The number of fused-ring (bicyclic) bond motifs is 1. The van der Waals surface area contributed by atoms with Crippen molar-refractivity contribution in [3.63, 3.8) is 0 Å². The lowest BCUT2D eigenvalue weighted by Gasteiger charge is -2.10. The van der Waals surface area contributed by atoms with Crippen LogP contribution >= 0.6 is 15.9 Å². The number of aryl methyl sites for hydroxylation is 2. The van der Waals surface area contributed by atoms with E-state index in [0.29, 0.717) is 17.9 Å². The Morgan fingerprint density at radius 2 is 2.32 bits per heavy atom. The van der Waals surface area contributed by atoms with Crippen molar-refractivity contribution >= 4 is 38.6 Å². The maximum absolute atomic E-state index is 11.3. The first-order valence-corrected chi connectivity index (χ1v) is 6.34. The molecule has 2 heterocycles. The molecule has 2 aromatic rings. The van der Waals surface area contributed by atoms with Crippen LogP contribution in [0.3, 0.4) is 0 Å². The van der Waals surface area contributed by atoms with Gasteiger partial charge in [-0.2, -0.15) is 5.10 Å². The lowest BCUT2D eigenvalue weighted by Crippen LogP contribution is -2.09. The number of carbonyl (C=O) groups is 1. The van der Waals surface area contributed by atoms with Crippen molar-refractivity contribution in [2.75, 3.05) is 11.9 Å². The molecular formula is C12H13BrN4O2. The van der Waals surface area contributed by atoms with Gasteiger partial charge >= 0.3 is 5.97 Å². The van der Waals surface area contributed by atoms with Gasteiger partial charge in [0.1, 0.15) is 5.56 Å². The molecule has 0 aromatic carbocycles. The molecule has 0 saturated heterocycles. The second kappa shape index (κ2) is 5.00. The minimum Gasteiger partial charge on any atom is -0.478 e. The molecule has 0 aliphatic heterocycles. The van der Waals surface area contributed by atoms with E-state index in [1.165, 1.54) is 6.20 Å². The van der Waals surface area contributed by atoms with Crippen molar-refractivity contribution in [2.24, 2.45) is 7.05 Å². The fourth-order valence-electron chi connectivity index (χ4n) is 1.94. The first-order valence-electron chi connectivity index (χ1n) is 5.54. The van der Waals surface area contributed by atoms with Crippen LogP contribution in [0.1, 0.15) is 16.1 Å². The van der Waals surface area contributed by atoms with Crippen molar-refractivity contribution in [2.45, 2.75) is 6.92 Å². The number of aromatic carboxylic acids is 1. The standard InChI is InChI=1S/C12H13BrN4O2/c1-6(13)4-14-10-8(12(18)19)5-15-11-9(10)7(2)16-17(11)3/h5H,1,4H2,2-3H3,(H,14,15)(H,18,19). The zero-order valence-electron chi connectivity index (χ0n) is 10.6. The van der Waals surface area contributed by atoms with Gasteiger partial charge in [0.15, 0.2) is 5.65 Å². The summed E-state index contributed by atoms with van der Waals surface area (Å²) in [5, 5.41) is 17.3. The Morgan fingerprint density at radius 3 is 2.89 bits per heavy atom. The van der Waals surface area contributed by atoms with Gasteiger partial charge in [-0.25, -0.2) is 9.78 Å². The van der Waals surface area contributed by atoms with Gasteiger partial charge in [0.05, 0.1) is 16.8 Å². The molecule has 0 atom stereocenters. The Morgan fingerprint density at radius 1 is 1.63 bits per heavy atom. The molecule has 2 aromatic heterocycles. The fraction of sp³-hybridized carbons (Fsp3) is 0.250. The summed E-state index contributed by atoms with van der Waals surface area (Å²) < 4.78 is 2.36. The summed E-state index contributed by atoms with van der Waals surface area (Å²) in [7, 11) is 1.77. The largest absolute Gasteiger partial charge is 0.478 e. The quantitative estimate of drug-likeness (QED) is 0.902. The Kier molecular flexibility index (Phi) is 3.57. The third-order valence-corrected chi connectivity index (χ3v) is 2.99.